The quantitative estimate of drug-likeness (QED) is 0.314. The van der Waals surface area contributed by atoms with Crippen molar-refractivity contribution in [3.63, 3.8) is 0 Å². The van der Waals surface area contributed by atoms with Gasteiger partial charge in [0.1, 0.15) is 5.75 Å². The molecule has 7 nitrogen and oxygen atoms in total. The van der Waals surface area contributed by atoms with Crippen LogP contribution in [0.1, 0.15) is 18.4 Å². The number of hydrogen-bond donors (Lipinski definition) is 0. The number of para-hydroxylation sites is 2. The molecule has 4 aromatic carbocycles. The molecule has 2 aliphatic heterocycles. The first-order chi connectivity index (χ1) is 20.0. The van der Waals surface area contributed by atoms with E-state index >= 15 is 0 Å². The number of benzene rings is 4. The summed E-state index contributed by atoms with van der Waals surface area (Å²) in [5, 5.41) is 1.87. The lowest BCUT2D eigenvalue weighted by Crippen LogP contribution is -2.51. The van der Waals surface area contributed by atoms with Crippen molar-refractivity contribution >= 4 is 32.4 Å². The van der Waals surface area contributed by atoms with Crippen LogP contribution in [0.25, 0.3) is 10.8 Å². The molecule has 0 bridgehead atoms. The summed E-state index contributed by atoms with van der Waals surface area (Å²) in [7, 11) is -3.78. The lowest BCUT2D eigenvalue weighted by Gasteiger charge is -2.38. The van der Waals surface area contributed by atoms with Crippen LogP contribution in [0.4, 0.5) is 5.69 Å². The highest BCUT2D eigenvalue weighted by Gasteiger charge is 2.45. The van der Waals surface area contributed by atoms with E-state index in [-0.39, 0.29) is 29.8 Å². The molecular formula is C33H35N3O4S. The largest absolute Gasteiger partial charge is 0.492 e. The highest BCUT2D eigenvalue weighted by molar-refractivity contribution is 7.89. The summed E-state index contributed by atoms with van der Waals surface area (Å²) in [5.74, 6) is 0.211. The number of nitrogens with zero attached hydrogens (tertiary/aromatic N) is 3. The lowest BCUT2D eigenvalue weighted by molar-refractivity contribution is -0.135. The van der Waals surface area contributed by atoms with Crippen LogP contribution >= 0.6 is 0 Å². The molecule has 0 aromatic heterocycles. The predicted molar refractivity (Wildman–Crippen MR) is 162 cm³/mol. The van der Waals surface area contributed by atoms with Gasteiger partial charge in [-0.15, -0.1) is 0 Å². The van der Waals surface area contributed by atoms with Crippen LogP contribution in [0.15, 0.2) is 102 Å². The SMILES string of the molecule is CCOc1ccccc1N1CCN(C(=O)C2CN(S(=O)(=O)c3ccc4ccccc4c3)CC2c2ccccc2)CC1. The maximum absolute atomic E-state index is 14.0. The van der Waals surface area contributed by atoms with Gasteiger partial charge in [-0.05, 0) is 47.5 Å². The normalized spacial score (nSPS) is 19.9. The van der Waals surface area contributed by atoms with E-state index in [0.29, 0.717) is 32.8 Å². The van der Waals surface area contributed by atoms with Crippen molar-refractivity contribution in [3.05, 3.63) is 103 Å². The van der Waals surface area contributed by atoms with Crippen molar-refractivity contribution in [2.24, 2.45) is 5.92 Å². The van der Waals surface area contributed by atoms with Crippen LogP contribution in [0, 0.1) is 5.92 Å². The highest BCUT2D eigenvalue weighted by atomic mass is 32.2. The molecule has 8 heteroatoms. The topological polar surface area (TPSA) is 70.2 Å². The van der Waals surface area contributed by atoms with E-state index in [9.17, 15) is 13.2 Å². The summed E-state index contributed by atoms with van der Waals surface area (Å²) in [6.07, 6.45) is 0. The van der Waals surface area contributed by atoms with Gasteiger partial charge in [-0.3, -0.25) is 4.79 Å². The summed E-state index contributed by atoms with van der Waals surface area (Å²) >= 11 is 0. The van der Waals surface area contributed by atoms with Crippen molar-refractivity contribution in [2.75, 3.05) is 50.8 Å². The van der Waals surface area contributed by atoms with Gasteiger partial charge in [0.2, 0.25) is 15.9 Å². The zero-order chi connectivity index (χ0) is 28.4. The fourth-order valence-corrected chi connectivity index (χ4v) is 7.66. The average Bonchev–Trinajstić information content (AvgIpc) is 3.48. The molecule has 0 N–H and O–H groups in total. The van der Waals surface area contributed by atoms with E-state index in [0.717, 1.165) is 27.8 Å². The van der Waals surface area contributed by atoms with Gasteiger partial charge in [0, 0.05) is 45.2 Å². The zero-order valence-electron chi connectivity index (χ0n) is 23.2. The van der Waals surface area contributed by atoms with Crippen molar-refractivity contribution in [1.82, 2.24) is 9.21 Å². The predicted octanol–water partition coefficient (Wildman–Crippen LogP) is 4.99. The highest BCUT2D eigenvalue weighted by Crippen LogP contribution is 2.38. The number of fused-ring (bicyclic) bond motifs is 1. The summed E-state index contributed by atoms with van der Waals surface area (Å²) in [6, 6.07) is 30.8. The molecule has 2 aliphatic rings. The van der Waals surface area contributed by atoms with E-state index in [1.54, 1.807) is 12.1 Å². The first-order valence-electron chi connectivity index (χ1n) is 14.2. The maximum atomic E-state index is 14.0. The first kappa shape index (κ1) is 27.3. The standard InChI is InChI=1S/C33H35N3O4S/c1-2-40-32-15-9-8-14-31(32)34-18-20-35(21-19-34)33(37)30-24-36(23-29(30)26-11-4-3-5-12-26)41(38,39)28-17-16-25-10-6-7-13-27(25)22-28/h3-17,22,29-30H,2,18-21,23-24H2,1H3. The van der Waals surface area contributed by atoms with Crippen LogP contribution in [-0.4, -0.2) is 69.4 Å². The minimum Gasteiger partial charge on any atom is -0.492 e. The molecule has 0 saturated carbocycles. The minimum absolute atomic E-state index is 0.0211. The minimum atomic E-state index is -3.78. The maximum Gasteiger partial charge on any atom is 0.243 e. The van der Waals surface area contributed by atoms with Crippen molar-refractivity contribution in [3.8, 4) is 5.75 Å². The Labute approximate surface area is 242 Å². The monoisotopic (exact) mass is 569 g/mol. The Morgan fingerprint density at radius 3 is 2.24 bits per heavy atom. The molecule has 41 heavy (non-hydrogen) atoms. The lowest BCUT2D eigenvalue weighted by atomic mass is 9.88. The summed E-state index contributed by atoms with van der Waals surface area (Å²) < 4.78 is 35.1. The number of piperazine rings is 1. The van der Waals surface area contributed by atoms with Gasteiger partial charge < -0.3 is 14.5 Å². The number of rotatable bonds is 7. The van der Waals surface area contributed by atoms with Crippen LogP contribution in [0.3, 0.4) is 0 Å². The number of carbonyl (C=O) groups excluding carboxylic acids is 1. The average molecular weight is 570 g/mol. The summed E-state index contributed by atoms with van der Waals surface area (Å²) in [6.45, 7) is 5.55. The molecule has 1 amide bonds. The van der Waals surface area contributed by atoms with Gasteiger partial charge in [-0.25, -0.2) is 8.42 Å². The number of ether oxygens (including phenoxy) is 1. The van der Waals surface area contributed by atoms with Crippen LogP contribution in [0.5, 0.6) is 5.75 Å². The Morgan fingerprint density at radius 2 is 1.49 bits per heavy atom. The third kappa shape index (κ3) is 5.42. The molecule has 6 rings (SSSR count). The summed E-state index contributed by atoms with van der Waals surface area (Å²) in [4.78, 5) is 18.5. The number of carbonyl (C=O) groups is 1. The molecule has 2 heterocycles. The second-order valence-electron chi connectivity index (χ2n) is 10.7. The van der Waals surface area contributed by atoms with E-state index < -0.39 is 15.9 Å². The molecular weight excluding hydrogens is 534 g/mol. The Kier molecular flexibility index (Phi) is 7.69. The second kappa shape index (κ2) is 11.5. The fourth-order valence-electron chi connectivity index (χ4n) is 6.13. The Balaban J connectivity index is 1.23. The van der Waals surface area contributed by atoms with Crippen LogP contribution < -0.4 is 9.64 Å². The number of sulfonamides is 1. The molecule has 0 aliphatic carbocycles. The van der Waals surface area contributed by atoms with E-state index in [2.05, 4.69) is 11.0 Å². The zero-order valence-corrected chi connectivity index (χ0v) is 24.0. The molecule has 0 spiro atoms. The Morgan fingerprint density at radius 1 is 0.805 bits per heavy atom. The Bertz CT molecular complexity index is 1630. The van der Waals surface area contributed by atoms with Crippen molar-refractivity contribution in [1.29, 1.82) is 0 Å². The van der Waals surface area contributed by atoms with Crippen molar-refractivity contribution < 1.29 is 17.9 Å². The third-order valence-corrected chi connectivity index (χ3v) is 10.1. The molecule has 2 fully saturated rings. The van der Waals surface area contributed by atoms with Gasteiger partial charge in [-0.2, -0.15) is 4.31 Å². The smallest absolute Gasteiger partial charge is 0.243 e. The molecule has 4 aromatic rings. The van der Waals surface area contributed by atoms with Crippen molar-refractivity contribution in [2.45, 2.75) is 17.7 Å². The number of amides is 1. The molecule has 2 saturated heterocycles. The van der Waals surface area contributed by atoms with Gasteiger partial charge in [0.05, 0.1) is 23.1 Å². The van der Waals surface area contributed by atoms with Crippen LogP contribution in [-0.2, 0) is 14.8 Å². The van der Waals surface area contributed by atoms with Gasteiger partial charge >= 0.3 is 0 Å². The fraction of sp³-hybridized carbons (Fsp3) is 0.303. The number of hydrogen-bond acceptors (Lipinski definition) is 5. The summed E-state index contributed by atoms with van der Waals surface area (Å²) in [5.41, 5.74) is 2.03. The van der Waals surface area contributed by atoms with E-state index in [1.807, 2.05) is 90.7 Å². The molecule has 2 atom stereocenters. The molecule has 2 unspecified atom stereocenters. The van der Waals surface area contributed by atoms with Gasteiger partial charge in [0.25, 0.3) is 0 Å². The van der Waals surface area contributed by atoms with Gasteiger partial charge in [-0.1, -0.05) is 72.8 Å². The van der Waals surface area contributed by atoms with E-state index in [1.165, 1.54) is 4.31 Å². The molecule has 0 radical (unpaired) electrons. The van der Waals surface area contributed by atoms with Crippen LogP contribution in [0.2, 0.25) is 0 Å². The first-order valence-corrected chi connectivity index (χ1v) is 15.7. The third-order valence-electron chi connectivity index (χ3n) is 8.29. The van der Waals surface area contributed by atoms with Gasteiger partial charge in [0.15, 0.2) is 0 Å². The van der Waals surface area contributed by atoms with E-state index in [4.69, 9.17) is 4.74 Å². The molecule has 212 valence electrons. The Hall–Kier alpha value is -3.88. The second-order valence-corrected chi connectivity index (χ2v) is 12.6. The number of anilines is 1.